The molecule has 0 spiro atoms. The van der Waals surface area contributed by atoms with E-state index in [-0.39, 0.29) is 11.9 Å². The molecule has 0 bridgehead atoms. The molecule has 25 heavy (non-hydrogen) atoms. The second kappa shape index (κ2) is 6.76. The average molecular weight is 337 g/mol. The number of nitrogens with zero attached hydrogens (tertiary/aromatic N) is 5. The van der Waals surface area contributed by atoms with Crippen molar-refractivity contribution in [2.75, 3.05) is 25.3 Å². The molecule has 0 radical (unpaired) electrons. The SMILES string of the molecule is COc1ccc(OC)c(Nc2nc(N)n(-c3ccc(C#N)cn3)n2)c1. The Morgan fingerprint density at radius 2 is 2.04 bits per heavy atom. The lowest BCUT2D eigenvalue weighted by atomic mass is 10.2. The third kappa shape index (κ3) is 3.28. The minimum absolute atomic E-state index is 0.154. The molecule has 9 heteroatoms. The Labute approximate surface area is 143 Å². The van der Waals surface area contributed by atoms with E-state index < -0.39 is 0 Å². The monoisotopic (exact) mass is 337 g/mol. The van der Waals surface area contributed by atoms with Crippen LogP contribution in [0.15, 0.2) is 36.5 Å². The van der Waals surface area contributed by atoms with E-state index >= 15 is 0 Å². The normalized spacial score (nSPS) is 10.1. The van der Waals surface area contributed by atoms with Crippen molar-refractivity contribution < 1.29 is 9.47 Å². The number of nitrogen functional groups attached to an aromatic ring is 1. The zero-order valence-corrected chi connectivity index (χ0v) is 13.6. The molecule has 0 atom stereocenters. The predicted octanol–water partition coefficient (Wildman–Crippen LogP) is 1.88. The summed E-state index contributed by atoms with van der Waals surface area (Å²) < 4.78 is 11.9. The van der Waals surface area contributed by atoms with Crippen molar-refractivity contribution in [2.45, 2.75) is 0 Å². The molecular formula is C16H15N7O2. The van der Waals surface area contributed by atoms with Crippen molar-refractivity contribution in [2.24, 2.45) is 0 Å². The highest BCUT2D eigenvalue weighted by Gasteiger charge is 2.13. The number of pyridine rings is 1. The summed E-state index contributed by atoms with van der Waals surface area (Å²) in [5.74, 6) is 2.14. The smallest absolute Gasteiger partial charge is 0.249 e. The number of hydrogen-bond donors (Lipinski definition) is 2. The van der Waals surface area contributed by atoms with Gasteiger partial charge in [0, 0.05) is 12.3 Å². The van der Waals surface area contributed by atoms with E-state index in [1.54, 1.807) is 44.6 Å². The number of benzene rings is 1. The number of nitriles is 1. The summed E-state index contributed by atoms with van der Waals surface area (Å²) in [6.07, 6.45) is 1.44. The molecule has 0 saturated carbocycles. The number of methoxy groups -OCH3 is 2. The highest BCUT2D eigenvalue weighted by Crippen LogP contribution is 2.31. The van der Waals surface area contributed by atoms with E-state index in [0.717, 1.165) is 0 Å². The fourth-order valence-electron chi connectivity index (χ4n) is 2.16. The molecule has 3 N–H and O–H groups in total. The fraction of sp³-hybridized carbons (Fsp3) is 0.125. The largest absolute Gasteiger partial charge is 0.497 e. The molecule has 3 aromatic rings. The molecule has 9 nitrogen and oxygen atoms in total. The Morgan fingerprint density at radius 1 is 1.20 bits per heavy atom. The highest BCUT2D eigenvalue weighted by atomic mass is 16.5. The molecule has 0 aliphatic carbocycles. The first-order valence-electron chi connectivity index (χ1n) is 7.22. The molecule has 0 saturated heterocycles. The van der Waals surface area contributed by atoms with E-state index in [4.69, 9.17) is 20.5 Å². The van der Waals surface area contributed by atoms with Gasteiger partial charge < -0.3 is 20.5 Å². The lowest BCUT2D eigenvalue weighted by molar-refractivity contribution is 0.405. The van der Waals surface area contributed by atoms with Crippen LogP contribution in [0.4, 0.5) is 17.6 Å². The molecule has 2 aromatic heterocycles. The van der Waals surface area contributed by atoms with Gasteiger partial charge in [-0.1, -0.05) is 0 Å². The first kappa shape index (κ1) is 16.1. The maximum absolute atomic E-state index is 8.83. The van der Waals surface area contributed by atoms with Gasteiger partial charge in [0.1, 0.15) is 17.6 Å². The molecular weight excluding hydrogens is 322 g/mol. The molecule has 3 rings (SSSR count). The Balaban J connectivity index is 1.91. The minimum atomic E-state index is 0.154. The van der Waals surface area contributed by atoms with E-state index in [0.29, 0.717) is 28.6 Å². The predicted molar refractivity (Wildman–Crippen MR) is 91.1 cm³/mol. The van der Waals surface area contributed by atoms with Crippen LogP contribution in [0.5, 0.6) is 11.5 Å². The molecule has 0 aliphatic heterocycles. The summed E-state index contributed by atoms with van der Waals surface area (Å²) >= 11 is 0. The second-order valence-electron chi connectivity index (χ2n) is 4.91. The number of aromatic nitrogens is 4. The van der Waals surface area contributed by atoms with E-state index in [1.807, 2.05) is 6.07 Å². The van der Waals surface area contributed by atoms with Gasteiger partial charge in [-0.2, -0.15) is 14.9 Å². The third-order valence-corrected chi connectivity index (χ3v) is 3.38. The van der Waals surface area contributed by atoms with Crippen LogP contribution in [0.25, 0.3) is 5.82 Å². The van der Waals surface area contributed by atoms with Crippen LogP contribution in [0, 0.1) is 11.3 Å². The van der Waals surface area contributed by atoms with Crippen LogP contribution >= 0.6 is 0 Å². The van der Waals surface area contributed by atoms with Crippen molar-refractivity contribution in [1.29, 1.82) is 5.26 Å². The van der Waals surface area contributed by atoms with Crippen LogP contribution < -0.4 is 20.5 Å². The number of ether oxygens (including phenoxy) is 2. The number of anilines is 3. The Bertz CT molecular complexity index is 929. The summed E-state index contributed by atoms with van der Waals surface area (Å²) in [4.78, 5) is 8.32. The van der Waals surface area contributed by atoms with Crippen LogP contribution in [0.1, 0.15) is 5.56 Å². The minimum Gasteiger partial charge on any atom is -0.497 e. The molecule has 0 fully saturated rings. The van der Waals surface area contributed by atoms with Crippen LogP contribution in [-0.2, 0) is 0 Å². The molecule has 0 unspecified atom stereocenters. The first-order chi connectivity index (χ1) is 12.1. The molecule has 1 aromatic carbocycles. The van der Waals surface area contributed by atoms with E-state index in [2.05, 4.69) is 20.4 Å². The van der Waals surface area contributed by atoms with Crippen molar-refractivity contribution >= 4 is 17.6 Å². The zero-order valence-electron chi connectivity index (χ0n) is 13.6. The van der Waals surface area contributed by atoms with Gasteiger partial charge >= 0.3 is 0 Å². The van der Waals surface area contributed by atoms with E-state index in [9.17, 15) is 0 Å². The zero-order chi connectivity index (χ0) is 17.8. The second-order valence-corrected chi connectivity index (χ2v) is 4.91. The molecule has 126 valence electrons. The van der Waals surface area contributed by atoms with E-state index in [1.165, 1.54) is 10.9 Å². The lowest BCUT2D eigenvalue weighted by Crippen LogP contribution is -2.04. The molecule has 0 amide bonds. The van der Waals surface area contributed by atoms with Gasteiger partial charge in [0.2, 0.25) is 11.9 Å². The van der Waals surface area contributed by atoms with Gasteiger partial charge in [-0.05, 0) is 24.3 Å². The summed E-state index contributed by atoms with van der Waals surface area (Å²) in [7, 11) is 3.14. The van der Waals surface area contributed by atoms with Crippen LogP contribution in [0.3, 0.4) is 0 Å². The third-order valence-electron chi connectivity index (χ3n) is 3.38. The van der Waals surface area contributed by atoms with Crippen molar-refractivity contribution in [3.05, 3.63) is 42.1 Å². The van der Waals surface area contributed by atoms with Gasteiger partial charge in [-0.3, -0.25) is 0 Å². The van der Waals surface area contributed by atoms with Crippen molar-refractivity contribution in [3.63, 3.8) is 0 Å². The van der Waals surface area contributed by atoms with Gasteiger partial charge in [0.15, 0.2) is 5.82 Å². The Kier molecular flexibility index (Phi) is 4.34. The molecule has 0 aliphatic rings. The topological polar surface area (TPSA) is 124 Å². The van der Waals surface area contributed by atoms with Gasteiger partial charge in [-0.15, -0.1) is 5.10 Å². The van der Waals surface area contributed by atoms with Crippen molar-refractivity contribution in [1.82, 2.24) is 19.7 Å². The first-order valence-corrected chi connectivity index (χ1v) is 7.22. The number of hydrogen-bond acceptors (Lipinski definition) is 8. The summed E-state index contributed by atoms with van der Waals surface area (Å²) in [5.41, 5.74) is 6.99. The summed E-state index contributed by atoms with van der Waals surface area (Å²) in [6.45, 7) is 0. The summed E-state index contributed by atoms with van der Waals surface area (Å²) in [5, 5.41) is 16.2. The van der Waals surface area contributed by atoms with Gasteiger partial charge in [-0.25, -0.2) is 4.98 Å². The van der Waals surface area contributed by atoms with Crippen LogP contribution in [-0.4, -0.2) is 34.0 Å². The quantitative estimate of drug-likeness (QED) is 0.723. The molecule has 2 heterocycles. The highest BCUT2D eigenvalue weighted by molar-refractivity contribution is 5.65. The maximum atomic E-state index is 8.83. The summed E-state index contributed by atoms with van der Waals surface area (Å²) in [6, 6.07) is 10.6. The standard InChI is InChI=1S/C16H15N7O2/c1-24-11-4-5-13(25-2)12(7-11)20-16-21-15(18)23(22-16)14-6-3-10(8-17)9-19-14/h3-7,9H,1-2H3,(H3,18,20,21,22). The van der Waals surface area contributed by atoms with Crippen molar-refractivity contribution in [3.8, 4) is 23.4 Å². The average Bonchev–Trinajstić information content (AvgIpc) is 3.01. The lowest BCUT2D eigenvalue weighted by Gasteiger charge is -2.10. The van der Waals surface area contributed by atoms with Gasteiger partial charge in [0.05, 0.1) is 25.5 Å². The number of nitrogens with two attached hydrogens (primary N) is 1. The van der Waals surface area contributed by atoms with Gasteiger partial charge in [0.25, 0.3) is 0 Å². The Morgan fingerprint density at radius 3 is 2.68 bits per heavy atom. The maximum Gasteiger partial charge on any atom is 0.249 e. The number of nitrogens with one attached hydrogen (secondary N) is 1. The Hall–Kier alpha value is -3.80. The van der Waals surface area contributed by atoms with Crippen LogP contribution in [0.2, 0.25) is 0 Å². The number of rotatable bonds is 5. The fourth-order valence-corrected chi connectivity index (χ4v) is 2.16.